The first kappa shape index (κ1) is 18.2. The first-order valence-corrected chi connectivity index (χ1v) is 8.45. The minimum absolute atomic E-state index is 0.0847. The third kappa shape index (κ3) is 4.94. The van der Waals surface area contributed by atoms with Crippen LogP contribution in [-0.4, -0.2) is 17.6 Å². The maximum absolute atomic E-state index is 12.1. The maximum Gasteiger partial charge on any atom is 0.257 e. The number of halogens is 1. The third-order valence-corrected chi connectivity index (χ3v) is 3.73. The molecule has 3 N–H and O–H groups in total. The van der Waals surface area contributed by atoms with Gasteiger partial charge in [0, 0.05) is 5.56 Å². The van der Waals surface area contributed by atoms with E-state index >= 15 is 0 Å². The smallest absolute Gasteiger partial charge is 0.257 e. The van der Waals surface area contributed by atoms with E-state index in [1.54, 1.807) is 12.1 Å². The molecule has 0 aliphatic rings. The van der Waals surface area contributed by atoms with Crippen LogP contribution in [0.15, 0.2) is 46.9 Å². The fourth-order valence-corrected chi connectivity index (χ4v) is 2.67. The minimum Gasteiger partial charge on any atom is -0.490 e. The number of thiocarbonyl (C=S) groups is 1. The van der Waals surface area contributed by atoms with Crippen molar-refractivity contribution in [1.29, 1.82) is 0 Å². The van der Waals surface area contributed by atoms with Crippen molar-refractivity contribution >= 4 is 39.2 Å². The average molecular weight is 409 g/mol. The summed E-state index contributed by atoms with van der Waals surface area (Å²) in [6.07, 6.45) is 0. The van der Waals surface area contributed by atoms with Gasteiger partial charge in [0.25, 0.3) is 5.91 Å². The fraction of sp³-hybridized carbons (Fsp3) is 0.176. The SMILES string of the molecule is CCOc1cc(C(=O)NC(N)=S)cc(Br)c1OCc1ccccc1. The van der Waals surface area contributed by atoms with Crippen molar-refractivity contribution in [3.8, 4) is 11.5 Å². The molecule has 0 saturated carbocycles. The van der Waals surface area contributed by atoms with Gasteiger partial charge >= 0.3 is 0 Å². The molecule has 0 unspecified atom stereocenters. The summed E-state index contributed by atoms with van der Waals surface area (Å²) >= 11 is 8.12. The highest BCUT2D eigenvalue weighted by Crippen LogP contribution is 2.37. The van der Waals surface area contributed by atoms with Crippen molar-refractivity contribution < 1.29 is 14.3 Å². The molecule has 2 aromatic rings. The number of nitrogens with two attached hydrogens (primary N) is 1. The molecule has 2 aromatic carbocycles. The molecule has 24 heavy (non-hydrogen) atoms. The summed E-state index contributed by atoms with van der Waals surface area (Å²) in [6.45, 7) is 2.68. The Bertz CT molecular complexity index is 738. The van der Waals surface area contributed by atoms with E-state index < -0.39 is 5.91 Å². The molecule has 0 bridgehead atoms. The van der Waals surface area contributed by atoms with Crippen molar-refractivity contribution in [3.63, 3.8) is 0 Å². The van der Waals surface area contributed by atoms with Crippen LogP contribution in [0, 0.1) is 0 Å². The zero-order valence-electron chi connectivity index (χ0n) is 13.0. The van der Waals surface area contributed by atoms with E-state index in [-0.39, 0.29) is 5.11 Å². The van der Waals surface area contributed by atoms with E-state index in [0.29, 0.717) is 34.7 Å². The van der Waals surface area contributed by atoms with Crippen LogP contribution >= 0.6 is 28.1 Å². The predicted octanol–water partition coefficient (Wildman–Crippen LogP) is 3.40. The number of hydrogen-bond acceptors (Lipinski definition) is 4. The van der Waals surface area contributed by atoms with Gasteiger partial charge in [0.15, 0.2) is 16.6 Å². The molecule has 0 saturated heterocycles. The second-order valence-electron chi connectivity index (χ2n) is 4.81. The summed E-state index contributed by atoms with van der Waals surface area (Å²) in [5, 5.41) is 2.30. The van der Waals surface area contributed by atoms with E-state index in [4.69, 9.17) is 15.2 Å². The van der Waals surface area contributed by atoms with E-state index in [1.165, 1.54) is 0 Å². The molecule has 0 atom stereocenters. The highest BCUT2D eigenvalue weighted by atomic mass is 79.9. The van der Waals surface area contributed by atoms with Crippen molar-refractivity contribution in [1.82, 2.24) is 5.32 Å². The van der Waals surface area contributed by atoms with Gasteiger partial charge in [-0.15, -0.1) is 0 Å². The second-order valence-corrected chi connectivity index (χ2v) is 6.11. The molecule has 0 aliphatic heterocycles. The Morgan fingerprint density at radius 2 is 1.96 bits per heavy atom. The Balaban J connectivity index is 2.26. The zero-order chi connectivity index (χ0) is 17.5. The Kier molecular flexibility index (Phi) is 6.57. The van der Waals surface area contributed by atoms with Gasteiger partial charge in [-0.2, -0.15) is 0 Å². The normalized spacial score (nSPS) is 10.1. The number of ether oxygens (including phenoxy) is 2. The van der Waals surface area contributed by atoms with Gasteiger partial charge in [-0.25, -0.2) is 0 Å². The van der Waals surface area contributed by atoms with Crippen LogP contribution in [0.3, 0.4) is 0 Å². The van der Waals surface area contributed by atoms with E-state index in [2.05, 4.69) is 33.5 Å². The van der Waals surface area contributed by atoms with Gasteiger partial charge in [-0.05, 0) is 52.8 Å². The number of rotatable bonds is 6. The first-order chi connectivity index (χ1) is 11.5. The zero-order valence-corrected chi connectivity index (χ0v) is 15.4. The van der Waals surface area contributed by atoms with Crippen LogP contribution in [-0.2, 0) is 6.61 Å². The van der Waals surface area contributed by atoms with Crippen LogP contribution in [0.2, 0.25) is 0 Å². The molecule has 0 fully saturated rings. The van der Waals surface area contributed by atoms with Crippen molar-refractivity contribution in [3.05, 3.63) is 58.1 Å². The maximum atomic E-state index is 12.1. The first-order valence-electron chi connectivity index (χ1n) is 7.25. The van der Waals surface area contributed by atoms with E-state index in [9.17, 15) is 4.79 Å². The lowest BCUT2D eigenvalue weighted by atomic mass is 10.2. The molecular weight excluding hydrogens is 392 g/mol. The monoisotopic (exact) mass is 408 g/mol. The third-order valence-electron chi connectivity index (χ3n) is 3.03. The van der Waals surface area contributed by atoms with Crippen LogP contribution in [0.4, 0.5) is 0 Å². The molecule has 0 spiro atoms. The number of hydrogen-bond donors (Lipinski definition) is 2. The minimum atomic E-state index is -0.404. The Labute approximate surface area is 154 Å². The van der Waals surface area contributed by atoms with Crippen LogP contribution < -0.4 is 20.5 Å². The van der Waals surface area contributed by atoms with Gasteiger partial charge in [-0.1, -0.05) is 30.3 Å². The molecule has 2 rings (SSSR count). The standard InChI is InChI=1S/C17H17BrN2O3S/c1-2-22-14-9-12(16(21)20-17(19)24)8-13(18)15(14)23-10-11-6-4-3-5-7-11/h3-9H,2,10H2,1H3,(H3,19,20,21,24). The number of amides is 1. The number of benzene rings is 2. The van der Waals surface area contributed by atoms with Crippen molar-refractivity contribution in [2.24, 2.45) is 5.73 Å². The number of nitrogens with one attached hydrogen (secondary N) is 1. The lowest BCUT2D eigenvalue weighted by Crippen LogP contribution is -2.34. The fourth-order valence-electron chi connectivity index (χ4n) is 2.02. The van der Waals surface area contributed by atoms with Gasteiger partial charge in [0.2, 0.25) is 0 Å². The summed E-state index contributed by atoms with van der Waals surface area (Å²) < 4.78 is 12.1. The highest BCUT2D eigenvalue weighted by molar-refractivity contribution is 9.10. The van der Waals surface area contributed by atoms with Gasteiger partial charge < -0.3 is 15.2 Å². The van der Waals surface area contributed by atoms with Crippen molar-refractivity contribution in [2.45, 2.75) is 13.5 Å². The molecule has 1 amide bonds. The Morgan fingerprint density at radius 3 is 2.58 bits per heavy atom. The molecule has 0 radical (unpaired) electrons. The Morgan fingerprint density at radius 1 is 1.25 bits per heavy atom. The highest BCUT2D eigenvalue weighted by Gasteiger charge is 2.16. The predicted molar refractivity (Wildman–Crippen MR) is 100 cm³/mol. The van der Waals surface area contributed by atoms with Crippen LogP contribution in [0.25, 0.3) is 0 Å². The average Bonchev–Trinajstić information content (AvgIpc) is 2.54. The summed E-state index contributed by atoms with van der Waals surface area (Å²) in [7, 11) is 0. The van der Waals surface area contributed by atoms with E-state index in [0.717, 1.165) is 5.56 Å². The molecular formula is C17H17BrN2O3S. The summed E-state index contributed by atoms with van der Waals surface area (Å²) in [4.78, 5) is 12.1. The lowest BCUT2D eigenvalue weighted by Gasteiger charge is -2.15. The van der Waals surface area contributed by atoms with Gasteiger partial charge in [-0.3, -0.25) is 10.1 Å². The number of carbonyl (C=O) groups is 1. The molecule has 0 aromatic heterocycles. The summed E-state index contributed by atoms with van der Waals surface area (Å²) in [6, 6.07) is 13.0. The quantitative estimate of drug-likeness (QED) is 0.716. The van der Waals surface area contributed by atoms with E-state index in [1.807, 2.05) is 37.3 Å². The molecule has 0 aliphatic carbocycles. The summed E-state index contributed by atoms with van der Waals surface area (Å²) in [5.74, 6) is 0.599. The Hall–Kier alpha value is -2.12. The van der Waals surface area contributed by atoms with Crippen molar-refractivity contribution in [2.75, 3.05) is 6.61 Å². The van der Waals surface area contributed by atoms with Gasteiger partial charge in [0.1, 0.15) is 6.61 Å². The molecule has 7 heteroatoms. The van der Waals surface area contributed by atoms with Gasteiger partial charge in [0.05, 0.1) is 11.1 Å². The largest absolute Gasteiger partial charge is 0.490 e. The molecule has 126 valence electrons. The second kappa shape index (κ2) is 8.65. The molecule has 0 heterocycles. The molecule has 5 nitrogen and oxygen atoms in total. The number of carbonyl (C=O) groups excluding carboxylic acids is 1. The van der Waals surface area contributed by atoms with Crippen LogP contribution in [0.1, 0.15) is 22.8 Å². The lowest BCUT2D eigenvalue weighted by molar-refractivity contribution is 0.0977. The topological polar surface area (TPSA) is 73.6 Å². The summed E-state index contributed by atoms with van der Waals surface area (Å²) in [5.41, 5.74) is 6.74. The van der Waals surface area contributed by atoms with Crippen LogP contribution in [0.5, 0.6) is 11.5 Å².